The second-order valence-electron chi connectivity index (χ2n) is 6.47. The van der Waals surface area contributed by atoms with Crippen molar-refractivity contribution in [2.75, 3.05) is 6.61 Å². The van der Waals surface area contributed by atoms with Gasteiger partial charge in [-0.15, -0.1) is 0 Å². The van der Waals surface area contributed by atoms with Crippen molar-refractivity contribution in [1.29, 1.82) is 0 Å². The molecule has 0 saturated heterocycles. The van der Waals surface area contributed by atoms with Crippen LogP contribution in [-0.2, 0) is 36.2 Å². The smallest absolute Gasteiger partial charge is 0.326 e. The first-order chi connectivity index (χ1) is 13.7. The Morgan fingerprint density at radius 2 is 1.83 bits per heavy atom. The normalized spacial score (nSPS) is 18.0. The number of fused-ring (bicyclic) bond motifs is 1. The van der Waals surface area contributed by atoms with Crippen LogP contribution in [0.3, 0.4) is 0 Å². The van der Waals surface area contributed by atoms with E-state index in [0.29, 0.717) is 12.0 Å². The third kappa shape index (κ3) is 3.58. The number of nitro benzene ring substituents is 1. The van der Waals surface area contributed by atoms with Crippen LogP contribution in [0.1, 0.15) is 24.5 Å². The van der Waals surface area contributed by atoms with E-state index in [1.165, 1.54) is 0 Å². The lowest BCUT2D eigenvalue weighted by atomic mass is 9.81. The van der Waals surface area contributed by atoms with Crippen LogP contribution < -0.4 is 4.72 Å². The molecular formula is C19H18N2O7S. The zero-order valence-corrected chi connectivity index (χ0v) is 16.3. The highest BCUT2D eigenvalue weighted by atomic mass is 32.2. The Hall–Kier alpha value is -3.27. The summed E-state index contributed by atoms with van der Waals surface area (Å²) in [5.41, 5.74) is -0.887. The quantitative estimate of drug-likeness (QED) is 0.327. The molecule has 1 amide bonds. The molecule has 9 nitrogen and oxygen atoms in total. The molecular weight excluding hydrogens is 400 g/mol. The fourth-order valence-electron chi connectivity index (χ4n) is 3.42. The number of carbonyl (C=O) groups is 2. The number of nitro groups is 1. The van der Waals surface area contributed by atoms with Crippen molar-refractivity contribution < 1.29 is 27.7 Å². The second kappa shape index (κ2) is 7.63. The molecule has 1 unspecified atom stereocenters. The molecule has 0 aliphatic heterocycles. The maximum absolute atomic E-state index is 13.1. The lowest BCUT2D eigenvalue weighted by molar-refractivity contribution is -0.384. The molecule has 152 valence electrons. The van der Waals surface area contributed by atoms with E-state index in [9.17, 15) is 28.1 Å². The first-order valence-corrected chi connectivity index (χ1v) is 10.3. The largest absolute Gasteiger partial charge is 0.465 e. The van der Waals surface area contributed by atoms with Crippen LogP contribution in [0, 0.1) is 10.1 Å². The topological polar surface area (TPSA) is 133 Å². The van der Waals surface area contributed by atoms with Crippen molar-refractivity contribution in [2.45, 2.75) is 30.1 Å². The van der Waals surface area contributed by atoms with Gasteiger partial charge >= 0.3 is 5.97 Å². The summed E-state index contributed by atoms with van der Waals surface area (Å²) in [5, 5.41) is 10.7. The van der Waals surface area contributed by atoms with Crippen LogP contribution in [-0.4, -0.2) is 31.8 Å². The van der Waals surface area contributed by atoms with Crippen molar-refractivity contribution in [2.24, 2.45) is 0 Å². The van der Waals surface area contributed by atoms with Crippen LogP contribution in [0.2, 0.25) is 0 Å². The number of amides is 1. The van der Waals surface area contributed by atoms with Gasteiger partial charge in [-0.3, -0.25) is 19.7 Å². The van der Waals surface area contributed by atoms with Crippen molar-refractivity contribution in [1.82, 2.24) is 4.72 Å². The summed E-state index contributed by atoms with van der Waals surface area (Å²) in [6.07, 6.45) is 0.493. The molecule has 1 aliphatic rings. The lowest BCUT2D eigenvalue weighted by Gasteiger charge is -2.26. The van der Waals surface area contributed by atoms with Crippen LogP contribution in [0.25, 0.3) is 0 Å². The number of hydrogen-bond acceptors (Lipinski definition) is 7. The SMILES string of the molecule is CCOC(=O)C1(C(=O)NS(=O)(=O)c2ccc([N+](=O)[O-])cc2)CCc2ccccc21. The maximum atomic E-state index is 13.1. The molecule has 2 aromatic rings. The summed E-state index contributed by atoms with van der Waals surface area (Å²) >= 11 is 0. The Morgan fingerprint density at radius 3 is 2.45 bits per heavy atom. The van der Waals surface area contributed by atoms with Crippen molar-refractivity contribution in [3.05, 3.63) is 69.8 Å². The Kier molecular flexibility index (Phi) is 5.38. The number of nitrogens with zero attached hydrogens (tertiary/aromatic N) is 1. The Morgan fingerprint density at radius 1 is 1.17 bits per heavy atom. The molecule has 0 bridgehead atoms. The van der Waals surface area contributed by atoms with Crippen LogP contribution in [0.4, 0.5) is 5.69 Å². The standard InChI is InChI=1S/C19H18N2O7S/c1-2-28-18(23)19(12-11-13-5-3-4-6-16(13)19)17(22)20-29(26,27)15-9-7-14(8-10-15)21(24)25/h3-10H,2,11-12H2,1H3,(H,20,22). The number of rotatable bonds is 6. The second-order valence-corrected chi connectivity index (χ2v) is 8.15. The van der Waals surface area contributed by atoms with Crippen molar-refractivity contribution >= 4 is 27.6 Å². The Balaban J connectivity index is 1.97. The van der Waals surface area contributed by atoms with Gasteiger partial charge in [0.2, 0.25) is 0 Å². The average molecular weight is 418 g/mol. The van der Waals surface area contributed by atoms with E-state index in [-0.39, 0.29) is 23.6 Å². The zero-order chi connectivity index (χ0) is 21.2. The minimum absolute atomic E-state index is 0.0329. The fraction of sp³-hybridized carbons (Fsp3) is 0.263. The number of sulfonamides is 1. The highest BCUT2D eigenvalue weighted by Gasteiger charge is 2.53. The number of ether oxygens (including phenoxy) is 1. The number of carbonyl (C=O) groups excluding carboxylic acids is 2. The van der Waals surface area contributed by atoms with Gasteiger partial charge in [0.05, 0.1) is 16.4 Å². The van der Waals surface area contributed by atoms with Gasteiger partial charge in [-0.25, -0.2) is 13.1 Å². The molecule has 29 heavy (non-hydrogen) atoms. The van der Waals surface area contributed by atoms with E-state index in [1.54, 1.807) is 31.2 Å². The molecule has 0 spiro atoms. The third-order valence-corrected chi connectivity index (χ3v) is 6.19. The number of aryl methyl sites for hydroxylation is 1. The number of non-ortho nitro benzene ring substituents is 1. The molecule has 0 saturated carbocycles. The van der Waals surface area contributed by atoms with Crippen LogP contribution in [0.5, 0.6) is 0 Å². The minimum Gasteiger partial charge on any atom is -0.465 e. The predicted molar refractivity (Wildman–Crippen MR) is 101 cm³/mol. The fourth-order valence-corrected chi connectivity index (χ4v) is 4.45. The molecule has 0 heterocycles. The average Bonchev–Trinajstić information content (AvgIpc) is 3.09. The van der Waals surface area contributed by atoms with Crippen molar-refractivity contribution in [3.8, 4) is 0 Å². The molecule has 3 rings (SSSR count). The maximum Gasteiger partial charge on any atom is 0.326 e. The lowest BCUT2D eigenvalue weighted by Crippen LogP contribution is -2.51. The molecule has 0 aromatic heterocycles. The predicted octanol–water partition coefficient (Wildman–Crippen LogP) is 1.85. The van der Waals surface area contributed by atoms with Gasteiger partial charge in [0.15, 0.2) is 5.41 Å². The molecule has 1 aliphatic carbocycles. The number of nitrogens with one attached hydrogen (secondary N) is 1. The van der Waals surface area contributed by atoms with Gasteiger partial charge in [0.1, 0.15) is 0 Å². The molecule has 10 heteroatoms. The first-order valence-electron chi connectivity index (χ1n) is 8.79. The monoisotopic (exact) mass is 418 g/mol. The summed E-state index contributed by atoms with van der Waals surface area (Å²) in [6, 6.07) is 10.9. The van der Waals surface area contributed by atoms with Crippen LogP contribution >= 0.6 is 0 Å². The summed E-state index contributed by atoms with van der Waals surface area (Å²) in [5.74, 6) is -1.83. The third-order valence-electron chi connectivity index (χ3n) is 4.84. The number of esters is 1. The summed E-state index contributed by atoms with van der Waals surface area (Å²) in [6.45, 7) is 1.63. The van der Waals surface area contributed by atoms with Gasteiger partial charge in [0.25, 0.3) is 21.6 Å². The highest BCUT2D eigenvalue weighted by Crippen LogP contribution is 2.40. The summed E-state index contributed by atoms with van der Waals surface area (Å²) in [7, 11) is -4.36. The zero-order valence-electron chi connectivity index (χ0n) is 15.5. The Labute approximate surface area is 166 Å². The number of hydrogen-bond donors (Lipinski definition) is 1. The van der Waals surface area contributed by atoms with Gasteiger partial charge in [-0.2, -0.15) is 0 Å². The number of benzene rings is 2. The molecule has 0 fully saturated rings. The molecule has 1 atom stereocenters. The van der Waals surface area contributed by atoms with Gasteiger partial charge < -0.3 is 4.74 Å². The van der Waals surface area contributed by atoms with Gasteiger partial charge in [-0.1, -0.05) is 24.3 Å². The van der Waals surface area contributed by atoms with Gasteiger partial charge in [-0.05, 0) is 43.0 Å². The van der Waals surface area contributed by atoms with Gasteiger partial charge in [0, 0.05) is 12.1 Å². The van der Waals surface area contributed by atoms with E-state index >= 15 is 0 Å². The molecule has 1 N–H and O–H groups in total. The summed E-state index contributed by atoms with van der Waals surface area (Å²) < 4.78 is 32.4. The van der Waals surface area contributed by atoms with E-state index in [0.717, 1.165) is 29.8 Å². The van der Waals surface area contributed by atoms with E-state index in [4.69, 9.17) is 4.74 Å². The molecule has 0 radical (unpaired) electrons. The first kappa shape index (κ1) is 20.5. The van der Waals surface area contributed by atoms with E-state index in [1.807, 2.05) is 4.72 Å². The van der Waals surface area contributed by atoms with Crippen molar-refractivity contribution in [3.63, 3.8) is 0 Å². The van der Waals surface area contributed by atoms with Crippen LogP contribution in [0.15, 0.2) is 53.4 Å². The summed E-state index contributed by atoms with van der Waals surface area (Å²) in [4.78, 5) is 35.6. The van der Waals surface area contributed by atoms with E-state index < -0.39 is 32.2 Å². The Bertz CT molecular complexity index is 1080. The highest BCUT2D eigenvalue weighted by molar-refractivity contribution is 7.90. The molecule has 2 aromatic carbocycles. The minimum atomic E-state index is -4.36. The van der Waals surface area contributed by atoms with E-state index in [2.05, 4.69) is 0 Å².